The van der Waals surface area contributed by atoms with Gasteiger partial charge in [-0.05, 0) is 36.6 Å². The van der Waals surface area contributed by atoms with Gasteiger partial charge in [0, 0.05) is 16.4 Å². The first kappa shape index (κ1) is 11.8. The summed E-state index contributed by atoms with van der Waals surface area (Å²) in [5.74, 6) is 1.04. The Morgan fingerprint density at radius 2 is 2.21 bits per heavy atom. The summed E-state index contributed by atoms with van der Waals surface area (Å²) in [7, 11) is 1.66. The number of aryl methyl sites for hydroxylation is 1. The molecule has 0 unspecified atom stereocenters. The molecule has 3 N–H and O–H groups in total. The Morgan fingerprint density at radius 1 is 1.37 bits per heavy atom. The van der Waals surface area contributed by atoms with Crippen LogP contribution in [0, 0.1) is 4.91 Å². The number of anilines is 1. The topological polar surface area (TPSA) is 74.0 Å². The van der Waals surface area contributed by atoms with Gasteiger partial charge < -0.3 is 9.72 Å². The van der Waals surface area contributed by atoms with Crippen molar-refractivity contribution in [3.8, 4) is 17.0 Å². The smallest absolute Gasteiger partial charge is 0.333 e. The van der Waals surface area contributed by atoms with Gasteiger partial charge in [0.05, 0.1) is 19.0 Å². The summed E-state index contributed by atoms with van der Waals surface area (Å²) in [6.07, 6.45) is 4.12. The summed E-state index contributed by atoms with van der Waals surface area (Å²) in [5, 5.41) is 0. The van der Waals surface area contributed by atoms with Crippen molar-refractivity contribution < 1.29 is 9.16 Å². The van der Waals surface area contributed by atoms with Crippen molar-refractivity contribution >= 4 is 5.82 Å². The Labute approximate surface area is 110 Å². The van der Waals surface area contributed by atoms with Gasteiger partial charge in [-0.25, -0.2) is 0 Å². The van der Waals surface area contributed by atoms with Gasteiger partial charge in [-0.15, -0.1) is 0 Å². The normalized spacial score (nSPS) is 13.3. The Bertz CT molecular complexity index is 692. The van der Waals surface area contributed by atoms with Gasteiger partial charge in [0.25, 0.3) is 0 Å². The van der Waals surface area contributed by atoms with Gasteiger partial charge in [-0.2, -0.15) is 0 Å². The van der Waals surface area contributed by atoms with Crippen LogP contribution in [-0.2, 0) is 12.8 Å². The minimum absolute atomic E-state index is 0.204. The number of nitrogens with two attached hydrogens (primary N) is 1. The lowest BCUT2D eigenvalue weighted by molar-refractivity contribution is -0.488. The van der Waals surface area contributed by atoms with Crippen LogP contribution in [0.15, 0.2) is 24.4 Å². The second-order valence-electron chi connectivity index (χ2n) is 4.71. The van der Waals surface area contributed by atoms with Gasteiger partial charge in [0.1, 0.15) is 5.75 Å². The number of methoxy groups -OCH3 is 1. The van der Waals surface area contributed by atoms with Crippen LogP contribution in [0.1, 0.15) is 17.7 Å². The van der Waals surface area contributed by atoms with E-state index in [0.29, 0.717) is 5.69 Å². The van der Waals surface area contributed by atoms with Crippen molar-refractivity contribution in [1.29, 1.82) is 0 Å². The third-order valence-electron chi connectivity index (χ3n) is 3.57. The number of nitrogen functional groups attached to an aromatic ring is 1. The molecule has 1 heterocycles. The van der Waals surface area contributed by atoms with Gasteiger partial charge in [-0.1, -0.05) is 4.91 Å². The Morgan fingerprint density at radius 3 is 3.00 bits per heavy atom. The van der Waals surface area contributed by atoms with Gasteiger partial charge in [0.15, 0.2) is 5.69 Å². The molecule has 3 rings (SSSR count). The number of hydrogen-bond donors (Lipinski definition) is 2. The zero-order valence-corrected chi connectivity index (χ0v) is 10.8. The van der Waals surface area contributed by atoms with E-state index < -0.39 is 0 Å². The highest BCUT2D eigenvalue weighted by molar-refractivity contribution is 5.67. The van der Waals surface area contributed by atoms with Crippen LogP contribution in [0.3, 0.4) is 0 Å². The van der Waals surface area contributed by atoms with Gasteiger partial charge >= 0.3 is 5.82 Å². The first-order valence-electron chi connectivity index (χ1n) is 6.30. The zero-order chi connectivity index (χ0) is 13.4. The first-order chi connectivity index (χ1) is 9.20. The maximum Gasteiger partial charge on any atom is 0.333 e. The van der Waals surface area contributed by atoms with E-state index in [1.165, 1.54) is 5.56 Å². The van der Waals surface area contributed by atoms with Crippen LogP contribution >= 0.6 is 0 Å². The van der Waals surface area contributed by atoms with Crippen molar-refractivity contribution in [2.45, 2.75) is 19.3 Å². The van der Waals surface area contributed by atoms with E-state index in [0.717, 1.165) is 40.7 Å². The Hall–Kier alpha value is -2.30. The molecular weight excluding hydrogens is 242 g/mol. The predicted molar refractivity (Wildman–Crippen MR) is 72.6 cm³/mol. The van der Waals surface area contributed by atoms with Gasteiger partial charge in [-0.3, -0.25) is 5.73 Å². The minimum Gasteiger partial charge on any atom is -0.497 e. The molecule has 2 aromatic rings. The SMILES string of the molecule is COc1ccc2c(c1)CCCc1c-2[nH]cc(N)[n+]1=O. The predicted octanol–water partition coefficient (Wildman–Crippen LogP) is 1.68. The van der Waals surface area contributed by atoms with Gasteiger partial charge in [0.2, 0.25) is 0 Å². The third-order valence-corrected chi connectivity index (χ3v) is 3.57. The average molecular weight is 258 g/mol. The fourth-order valence-corrected chi connectivity index (χ4v) is 2.60. The van der Waals surface area contributed by atoms with Crippen molar-refractivity contribution in [2.24, 2.45) is 0 Å². The van der Waals surface area contributed by atoms with Crippen LogP contribution in [0.5, 0.6) is 5.75 Å². The van der Waals surface area contributed by atoms with Crippen LogP contribution in [0.4, 0.5) is 5.82 Å². The number of rotatable bonds is 1. The molecule has 0 spiro atoms. The maximum atomic E-state index is 12.0. The number of nitrogens with zero attached hydrogens (tertiary/aromatic N) is 1. The molecule has 1 aromatic heterocycles. The lowest BCUT2D eigenvalue weighted by Crippen LogP contribution is -2.27. The minimum atomic E-state index is 0.204. The highest BCUT2D eigenvalue weighted by atomic mass is 16.5. The Balaban J connectivity index is 2.26. The second kappa shape index (κ2) is 4.42. The van der Waals surface area contributed by atoms with Crippen molar-refractivity contribution in [3.63, 3.8) is 0 Å². The van der Waals surface area contributed by atoms with Crippen molar-refractivity contribution in [3.05, 3.63) is 40.6 Å². The van der Waals surface area contributed by atoms with E-state index in [9.17, 15) is 4.91 Å². The number of aromatic nitrogens is 2. The number of fused-ring (bicyclic) bond motifs is 3. The van der Waals surface area contributed by atoms with E-state index in [2.05, 4.69) is 4.98 Å². The number of hydrogen-bond acceptors (Lipinski definition) is 3. The molecule has 5 heteroatoms. The molecule has 0 saturated carbocycles. The monoisotopic (exact) mass is 258 g/mol. The molecule has 1 aliphatic rings. The molecule has 0 bridgehead atoms. The molecule has 19 heavy (non-hydrogen) atoms. The first-order valence-corrected chi connectivity index (χ1v) is 6.30. The highest BCUT2D eigenvalue weighted by Gasteiger charge is 2.22. The van der Waals surface area contributed by atoms with E-state index >= 15 is 0 Å². The lowest BCUT2D eigenvalue weighted by atomic mass is 10.0. The maximum absolute atomic E-state index is 12.0. The molecule has 0 atom stereocenters. The molecule has 0 saturated heterocycles. The summed E-state index contributed by atoms with van der Waals surface area (Å²) in [4.78, 5) is 15.2. The molecule has 1 aromatic carbocycles. The summed E-state index contributed by atoms with van der Waals surface area (Å²) in [5.41, 5.74) is 9.48. The average Bonchev–Trinajstić information content (AvgIpc) is 2.61. The summed E-state index contributed by atoms with van der Waals surface area (Å²) in [6, 6.07) is 5.93. The molecule has 0 aliphatic heterocycles. The lowest BCUT2D eigenvalue weighted by Gasteiger charge is -2.09. The van der Waals surface area contributed by atoms with E-state index in [4.69, 9.17) is 10.5 Å². The molecule has 0 amide bonds. The van der Waals surface area contributed by atoms with Crippen LogP contribution in [0.2, 0.25) is 0 Å². The quantitative estimate of drug-likeness (QED) is 0.764. The van der Waals surface area contributed by atoms with Crippen LogP contribution in [-0.4, -0.2) is 12.1 Å². The molecule has 98 valence electrons. The van der Waals surface area contributed by atoms with E-state index in [1.54, 1.807) is 13.3 Å². The fourth-order valence-electron chi connectivity index (χ4n) is 2.60. The number of nitrogens with one attached hydrogen (secondary N) is 1. The Kier molecular flexibility index (Phi) is 2.74. The van der Waals surface area contributed by atoms with Crippen LogP contribution in [0.25, 0.3) is 11.3 Å². The largest absolute Gasteiger partial charge is 0.497 e. The number of ether oxygens (including phenoxy) is 1. The standard InChI is InChI=1S/C14H16N3O2/c1-19-10-5-6-11-9(7-10)3-2-4-12-14(11)16-8-13(15)17(12)18/h5-8H,2-4,15H2,1H3,(H,16,18)/q+1. The van der Waals surface area contributed by atoms with Crippen LogP contribution < -0.4 is 14.9 Å². The summed E-state index contributed by atoms with van der Waals surface area (Å²) < 4.78 is 6.08. The molecular formula is C14H16N3O2+. The fraction of sp³-hybridized carbons (Fsp3) is 0.286. The number of aromatic amines is 1. The summed E-state index contributed by atoms with van der Waals surface area (Å²) in [6.45, 7) is 0. The van der Waals surface area contributed by atoms with Crippen molar-refractivity contribution in [2.75, 3.05) is 12.8 Å². The third kappa shape index (κ3) is 1.87. The van der Waals surface area contributed by atoms with E-state index in [1.807, 2.05) is 18.2 Å². The number of benzene rings is 1. The molecule has 0 radical (unpaired) electrons. The zero-order valence-electron chi connectivity index (χ0n) is 10.8. The molecule has 5 nitrogen and oxygen atoms in total. The van der Waals surface area contributed by atoms with Crippen molar-refractivity contribution in [1.82, 2.24) is 4.98 Å². The summed E-state index contributed by atoms with van der Waals surface area (Å²) >= 11 is 0. The molecule has 0 fully saturated rings. The molecule has 1 aliphatic carbocycles. The van der Waals surface area contributed by atoms with E-state index in [-0.39, 0.29) is 5.82 Å². The number of H-pyrrole nitrogens is 1. The second-order valence-corrected chi connectivity index (χ2v) is 4.71. The highest BCUT2D eigenvalue weighted by Crippen LogP contribution is 2.31.